The van der Waals surface area contributed by atoms with Crippen molar-refractivity contribution in [2.45, 2.75) is 0 Å². The third kappa shape index (κ3) is 2.67. The number of benzene rings is 4. The Morgan fingerprint density at radius 1 is 0.583 bits per heavy atom. The first-order valence-electron chi connectivity index (χ1n) is 12.0. The Kier molecular flexibility index (Phi) is 4.10. The van der Waals surface area contributed by atoms with Crippen LogP contribution in [0.2, 0.25) is 0 Å². The molecule has 0 N–H and O–H groups in total. The summed E-state index contributed by atoms with van der Waals surface area (Å²) >= 11 is 1.74. The maximum absolute atomic E-state index is 4.75. The minimum atomic E-state index is 0.996. The van der Waals surface area contributed by atoms with Crippen LogP contribution in [0.25, 0.3) is 27.5 Å². The fourth-order valence-corrected chi connectivity index (χ4v) is 6.61. The maximum Gasteiger partial charge on any atom is 0.116 e. The number of nitrogens with zero attached hydrogens (tertiary/aromatic N) is 3. The van der Waals surface area contributed by atoms with E-state index in [0.29, 0.717) is 0 Å². The molecule has 0 saturated heterocycles. The molecule has 3 aromatic heterocycles. The predicted octanol–water partition coefficient (Wildman–Crippen LogP) is 7.10. The van der Waals surface area contributed by atoms with Crippen LogP contribution in [-0.2, 0) is 0 Å². The van der Waals surface area contributed by atoms with Gasteiger partial charge in [-0.3, -0.25) is 0 Å². The summed E-state index contributed by atoms with van der Waals surface area (Å²) in [4.78, 5) is 9.13. The molecule has 4 aromatic carbocycles. The molecule has 1 aliphatic carbocycles. The van der Waals surface area contributed by atoms with Crippen LogP contribution in [0.3, 0.4) is 0 Å². The molecule has 7 aromatic rings. The molecule has 0 spiro atoms. The Morgan fingerprint density at radius 3 is 2.03 bits per heavy atom. The Labute approximate surface area is 209 Å². The first-order chi connectivity index (χ1) is 17.9. The molecule has 3 heterocycles. The van der Waals surface area contributed by atoms with Gasteiger partial charge in [0.25, 0.3) is 0 Å². The second-order valence-electron chi connectivity index (χ2n) is 9.09. The van der Waals surface area contributed by atoms with Crippen molar-refractivity contribution >= 4 is 33.1 Å². The summed E-state index contributed by atoms with van der Waals surface area (Å²) in [7, 11) is 0. The Hall–Kier alpha value is -4.54. The van der Waals surface area contributed by atoms with Gasteiger partial charge in [0.2, 0.25) is 0 Å². The van der Waals surface area contributed by atoms with E-state index in [1.807, 2.05) is 6.20 Å². The van der Waals surface area contributed by atoms with Gasteiger partial charge in [-0.2, -0.15) is 0 Å². The SMILES string of the molecule is c1ccc2/c(c1)=c1/ccc(-n3c4ccccc4c4ccccc43)c/c1=c1\ccs\c1=c1/ncnc/c1=2. The van der Waals surface area contributed by atoms with Gasteiger partial charge in [-0.1, -0.05) is 66.7 Å². The molecule has 4 heteroatoms. The van der Waals surface area contributed by atoms with Gasteiger partial charge in [0.15, 0.2) is 0 Å². The zero-order valence-corrected chi connectivity index (χ0v) is 20.0. The van der Waals surface area contributed by atoms with Crippen LogP contribution in [0.5, 0.6) is 0 Å². The van der Waals surface area contributed by atoms with E-state index in [9.17, 15) is 0 Å². The normalized spacial score (nSPS) is 15.9. The molecule has 168 valence electrons. The van der Waals surface area contributed by atoms with Crippen molar-refractivity contribution in [3.05, 3.63) is 156 Å². The molecule has 0 amide bonds. The summed E-state index contributed by atoms with van der Waals surface area (Å²) < 4.78 is 3.57. The van der Waals surface area contributed by atoms with Crippen molar-refractivity contribution in [1.29, 1.82) is 0 Å². The van der Waals surface area contributed by atoms with Crippen LogP contribution in [0.4, 0.5) is 0 Å². The van der Waals surface area contributed by atoms with Crippen molar-refractivity contribution in [1.82, 2.24) is 14.5 Å². The highest BCUT2D eigenvalue weighted by Crippen LogP contribution is 2.32. The molecule has 0 saturated carbocycles. The number of rotatable bonds is 1. The van der Waals surface area contributed by atoms with E-state index in [-0.39, 0.29) is 0 Å². The highest BCUT2D eigenvalue weighted by molar-refractivity contribution is 7.08. The summed E-state index contributed by atoms with van der Waals surface area (Å²) in [6, 6.07) is 35.0. The monoisotopic (exact) mass is 477 g/mol. The molecule has 36 heavy (non-hydrogen) atoms. The van der Waals surface area contributed by atoms with Crippen molar-refractivity contribution < 1.29 is 0 Å². The van der Waals surface area contributed by atoms with E-state index in [0.717, 1.165) is 21.5 Å². The molecular weight excluding hydrogens is 458 g/mol. The van der Waals surface area contributed by atoms with Crippen molar-refractivity contribution in [2.24, 2.45) is 0 Å². The molecule has 0 radical (unpaired) electrons. The Balaban J connectivity index is 1.67. The first-order valence-corrected chi connectivity index (χ1v) is 12.9. The number of fused-ring (bicyclic) bond motifs is 7. The molecule has 8 rings (SSSR count). The second-order valence-corrected chi connectivity index (χ2v) is 10.0. The molecule has 0 aliphatic heterocycles. The summed E-state index contributed by atoms with van der Waals surface area (Å²) in [5.41, 5.74) is 3.59. The number of hydrogen-bond acceptors (Lipinski definition) is 3. The van der Waals surface area contributed by atoms with Gasteiger partial charge >= 0.3 is 0 Å². The number of aromatic nitrogens is 3. The third-order valence-electron chi connectivity index (χ3n) is 7.23. The predicted molar refractivity (Wildman–Crippen MR) is 144 cm³/mol. The zero-order valence-electron chi connectivity index (χ0n) is 19.2. The minimum absolute atomic E-state index is 0.996. The average molecular weight is 478 g/mol. The zero-order chi connectivity index (χ0) is 23.6. The first kappa shape index (κ1) is 19.7. The van der Waals surface area contributed by atoms with Gasteiger partial charge in [-0.15, -0.1) is 11.3 Å². The van der Waals surface area contributed by atoms with Crippen LogP contribution in [0, 0.1) is 41.2 Å². The third-order valence-corrected chi connectivity index (χ3v) is 8.15. The molecule has 0 fully saturated rings. The lowest BCUT2D eigenvalue weighted by atomic mass is 10.1. The number of hydrogen-bond donors (Lipinski definition) is 0. The van der Waals surface area contributed by atoms with Crippen LogP contribution < -0.4 is 0 Å². The fraction of sp³-hybridized carbons (Fsp3) is 0. The topological polar surface area (TPSA) is 30.7 Å². The van der Waals surface area contributed by atoms with Gasteiger partial charge < -0.3 is 4.57 Å². The Bertz CT molecular complexity index is 2330. The van der Waals surface area contributed by atoms with E-state index in [4.69, 9.17) is 4.98 Å². The van der Waals surface area contributed by atoms with Crippen molar-refractivity contribution in [2.75, 3.05) is 0 Å². The highest BCUT2D eigenvalue weighted by Gasteiger charge is 2.12. The Morgan fingerprint density at radius 2 is 1.25 bits per heavy atom. The second kappa shape index (κ2) is 7.48. The van der Waals surface area contributed by atoms with Crippen molar-refractivity contribution in [3.8, 4) is 5.69 Å². The van der Waals surface area contributed by atoms with Gasteiger partial charge in [0.1, 0.15) is 6.33 Å². The van der Waals surface area contributed by atoms with E-state index in [1.54, 1.807) is 17.7 Å². The smallest absolute Gasteiger partial charge is 0.116 e. The average Bonchev–Trinajstić information content (AvgIpc) is 3.55. The lowest BCUT2D eigenvalue weighted by Gasteiger charge is -2.09. The van der Waals surface area contributed by atoms with Gasteiger partial charge in [-0.25, -0.2) is 9.97 Å². The number of thiophene rings is 1. The molecule has 1 aliphatic rings. The van der Waals surface area contributed by atoms with Gasteiger partial charge in [-0.05, 0) is 56.6 Å². The van der Waals surface area contributed by atoms with E-state index in [1.165, 1.54) is 47.2 Å². The van der Waals surface area contributed by atoms with E-state index < -0.39 is 0 Å². The summed E-state index contributed by atoms with van der Waals surface area (Å²) in [6.07, 6.45) is 3.60. The largest absolute Gasteiger partial charge is 0.309 e. The van der Waals surface area contributed by atoms with Crippen LogP contribution in [0.15, 0.2) is 115 Å². The van der Waals surface area contributed by atoms with Crippen LogP contribution in [0.1, 0.15) is 0 Å². The summed E-state index contributed by atoms with van der Waals surface area (Å²) in [5, 5.41) is 12.8. The van der Waals surface area contributed by atoms with Gasteiger partial charge in [0.05, 0.1) is 20.9 Å². The lowest BCUT2D eigenvalue weighted by Crippen LogP contribution is -1.96. The highest BCUT2D eigenvalue weighted by atomic mass is 32.1. The lowest BCUT2D eigenvalue weighted by molar-refractivity contribution is 1.08. The fourth-order valence-electron chi connectivity index (χ4n) is 5.69. The summed E-state index contributed by atoms with van der Waals surface area (Å²) in [5.74, 6) is 0. The molecule has 3 nitrogen and oxygen atoms in total. The minimum Gasteiger partial charge on any atom is -0.309 e. The van der Waals surface area contributed by atoms with Crippen LogP contribution >= 0.6 is 11.3 Å². The molecule has 0 unspecified atom stereocenters. The van der Waals surface area contributed by atoms with E-state index >= 15 is 0 Å². The summed E-state index contributed by atoms with van der Waals surface area (Å²) in [6.45, 7) is 0. The van der Waals surface area contributed by atoms with E-state index in [2.05, 4.69) is 112 Å². The van der Waals surface area contributed by atoms with Gasteiger partial charge in [0, 0.05) is 33.1 Å². The molecular formula is C32H19N3S. The molecule has 0 bridgehead atoms. The number of para-hydroxylation sites is 2. The quantitative estimate of drug-likeness (QED) is 0.253. The van der Waals surface area contributed by atoms with Crippen molar-refractivity contribution in [3.63, 3.8) is 0 Å². The maximum atomic E-state index is 4.75. The molecule has 0 atom stereocenters. The standard InChI is InChI=1S/C32H19N3S/c1-2-8-22-21(7-1)23-14-13-20(35-29-11-5-3-9-24(29)25-10-4-6-12-30(25)35)17-27(23)26-15-16-36-32(26)31-28(22)18-33-19-34-31/h1-19H/b23-21-,27-26-,28-22-,32-31-. The van der Waals surface area contributed by atoms with Crippen LogP contribution in [-0.4, -0.2) is 14.5 Å².